The number of carbonyl (C=O) groups is 1. The molecule has 0 aromatic rings. The number of rotatable bonds is 3. The molecule has 1 aliphatic carbocycles. The van der Waals surface area contributed by atoms with Gasteiger partial charge in [0.2, 0.25) is 5.91 Å². The van der Waals surface area contributed by atoms with Gasteiger partial charge in [0, 0.05) is 19.7 Å². The van der Waals surface area contributed by atoms with Crippen LogP contribution in [0.1, 0.15) is 51.4 Å². The first-order chi connectivity index (χ1) is 8.79. The maximum Gasteiger partial charge on any atom is 0.237 e. The normalized spacial score (nSPS) is 30.7. The van der Waals surface area contributed by atoms with Gasteiger partial charge in [0.25, 0.3) is 0 Å². The maximum atomic E-state index is 12.1. The van der Waals surface area contributed by atoms with Crippen LogP contribution >= 0.6 is 0 Å². The van der Waals surface area contributed by atoms with Gasteiger partial charge in [-0.2, -0.15) is 0 Å². The zero-order valence-corrected chi connectivity index (χ0v) is 11.4. The molecule has 18 heavy (non-hydrogen) atoms. The van der Waals surface area contributed by atoms with Crippen molar-refractivity contribution >= 4 is 5.91 Å². The maximum absolute atomic E-state index is 12.1. The highest BCUT2D eigenvalue weighted by Crippen LogP contribution is 2.18. The quantitative estimate of drug-likeness (QED) is 0.804. The fraction of sp³-hybridized carbons (Fsp3) is 0.929. The predicted octanol–water partition coefficient (Wildman–Crippen LogP) is 1.59. The molecule has 2 atom stereocenters. The SMILES string of the molecule is COC1CNC(C(=O)NC2CCCCCCC2)C1. The van der Waals surface area contributed by atoms with E-state index in [1.165, 1.54) is 32.1 Å². The minimum atomic E-state index is -0.0552. The first kappa shape index (κ1) is 13.8. The molecule has 104 valence electrons. The van der Waals surface area contributed by atoms with Crippen LogP contribution in [-0.2, 0) is 9.53 Å². The highest BCUT2D eigenvalue weighted by Gasteiger charge is 2.30. The molecule has 0 aromatic carbocycles. The zero-order chi connectivity index (χ0) is 12.8. The summed E-state index contributed by atoms with van der Waals surface area (Å²) in [5.74, 6) is 0.167. The summed E-state index contributed by atoms with van der Waals surface area (Å²) in [7, 11) is 1.71. The van der Waals surface area contributed by atoms with Crippen molar-refractivity contribution in [2.24, 2.45) is 0 Å². The second-order valence-corrected chi connectivity index (χ2v) is 5.60. The molecule has 1 saturated carbocycles. The molecule has 2 N–H and O–H groups in total. The second kappa shape index (κ2) is 7.10. The van der Waals surface area contributed by atoms with E-state index in [0.29, 0.717) is 6.04 Å². The number of carbonyl (C=O) groups excluding carboxylic acids is 1. The van der Waals surface area contributed by atoms with Crippen LogP contribution in [0.5, 0.6) is 0 Å². The van der Waals surface area contributed by atoms with Crippen molar-refractivity contribution in [1.82, 2.24) is 10.6 Å². The van der Waals surface area contributed by atoms with Crippen LogP contribution < -0.4 is 10.6 Å². The lowest BCUT2D eigenvalue weighted by atomic mass is 9.96. The molecule has 2 unspecified atom stereocenters. The van der Waals surface area contributed by atoms with E-state index in [2.05, 4.69) is 10.6 Å². The fourth-order valence-electron chi connectivity index (χ4n) is 2.98. The van der Waals surface area contributed by atoms with Gasteiger partial charge < -0.3 is 15.4 Å². The van der Waals surface area contributed by atoms with Crippen molar-refractivity contribution in [2.75, 3.05) is 13.7 Å². The number of hydrogen-bond acceptors (Lipinski definition) is 3. The Balaban J connectivity index is 1.75. The molecule has 1 aliphatic heterocycles. The molecule has 0 bridgehead atoms. The van der Waals surface area contributed by atoms with Gasteiger partial charge in [-0.05, 0) is 19.3 Å². The first-order valence-electron chi connectivity index (χ1n) is 7.36. The van der Waals surface area contributed by atoms with E-state index in [-0.39, 0.29) is 18.1 Å². The average molecular weight is 254 g/mol. The van der Waals surface area contributed by atoms with Crippen LogP contribution in [0, 0.1) is 0 Å². The molecule has 0 spiro atoms. The Morgan fingerprint density at radius 1 is 1.17 bits per heavy atom. The van der Waals surface area contributed by atoms with Crippen LogP contribution in [0.3, 0.4) is 0 Å². The van der Waals surface area contributed by atoms with Crippen molar-refractivity contribution in [3.63, 3.8) is 0 Å². The van der Waals surface area contributed by atoms with Crippen molar-refractivity contribution in [3.05, 3.63) is 0 Å². The molecular formula is C14H26N2O2. The Hall–Kier alpha value is -0.610. The summed E-state index contributed by atoms with van der Waals surface area (Å²) in [4.78, 5) is 12.1. The molecule has 2 fully saturated rings. The standard InChI is InChI=1S/C14H26N2O2/c1-18-12-9-13(15-10-12)14(17)16-11-7-5-3-2-4-6-8-11/h11-13,15H,2-10H2,1H3,(H,16,17). The third kappa shape index (κ3) is 3.95. The minimum absolute atomic E-state index is 0.0552. The molecule has 4 heteroatoms. The van der Waals surface area contributed by atoms with Gasteiger partial charge >= 0.3 is 0 Å². The fourth-order valence-corrected chi connectivity index (χ4v) is 2.98. The summed E-state index contributed by atoms with van der Waals surface area (Å²) in [6, 6.07) is 0.335. The monoisotopic (exact) mass is 254 g/mol. The molecule has 0 aromatic heterocycles. The Labute approximate surface area is 110 Å². The number of methoxy groups -OCH3 is 1. The van der Waals surface area contributed by atoms with Gasteiger partial charge in [0.05, 0.1) is 12.1 Å². The second-order valence-electron chi connectivity index (χ2n) is 5.60. The van der Waals surface area contributed by atoms with Crippen molar-refractivity contribution in [1.29, 1.82) is 0 Å². The third-order valence-corrected chi connectivity index (χ3v) is 4.19. The van der Waals surface area contributed by atoms with Crippen molar-refractivity contribution in [2.45, 2.75) is 69.6 Å². The molecule has 0 radical (unpaired) electrons. The lowest BCUT2D eigenvalue weighted by molar-refractivity contribution is -0.123. The number of amides is 1. The summed E-state index contributed by atoms with van der Waals surface area (Å²) in [5, 5.41) is 6.45. The highest BCUT2D eigenvalue weighted by molar-refractivity contribution is 5.82. The highest BCUT2D eigenvalue weighted by atomic mass is 16.5. The van der Waals surface area contributed by atoms with Gasteiger partial charge in [0.15, 0.2) is 0 Å². The topological polar surface area (TPSA) is 50.4 Å². The van der Waals surface area contributed by atoms with Gasteiger partial charge in [-0.15, -0.1) is 0 Å². The molecule has 1 heterocycles. The summed E-state index contributed by atoms with van der Waals surface area (Å²) in [6.07, 6.45) is 9.79. The summed E-state index contributed by atoms with van der Waals surface area (Å²) >= 11 is 0. The number of hydrogen-bond donors (Lipinski definition) is 2. The average Bonchev–Trinajstić information content (AvgIpc) is 2.81. The Morgan fingerprint density at radius 2 is 1.83 bits per heavy atom. The van der Waals surface area contributed by atoms with Crippen LogP contribution in [0.2, 0.25) is 0 Å². The number of nitrogens with one attached hydrogen (secondary N) is 2. The van der Waals surface area contributed by atoms with E-state index in [1.807, 2.05) is 0 Å². The van der Waals surface area contributed by atoms with Crippen molar-refractivity contribution in [3.8, 4) is 0 Å². The van der Waals surface area contributed by atoms with E-state index in [9.17, 15) is 4.79 Å². The van der Waals surface area contributed by atoms with E-state index < -0.39 is 0 Å². The smallest absolute Gasteiger partial charge is 0.237 e. The van der Waals surface area contributed by atoms with Gasteiger partial charge in [-0.3, -0.25) is 4.79 Å². The van der Waals surface area contributed by atoms with Crippen LogP contribution in [0.4, 0.5) is 0 Å². The van der Waals surface area contributed by atoms with Gasteiger partial charge in [-0.25, -0.2) is 0 Å². The molecule has 1 amide bonds. The van der Waals surface area contributed by atoms with Crippen molar-refractivity contribution < 1.29 is 9.53 Å². The minimum Gasteiger partial charge on any atom is -0.380 e. The molecule has 1 saturated heterocycles. The molecule has 2 rings (SSSR count). The molecule has 2 aliphatic rings. The van der Waals surface area contributed by atoms with Crippen LogP contribution in [0.15, 0.2) is 0 Å². The van der Waals surface area contributed by atoms with Gasteiger partial charge in [-0.1, -0.05) is 32.1 Å². The van der Waals surface area contributed by atoms with Crippen LogP contribution in [0.25, 0.3) is 0 Å². The Kier molecular flexibility index (Phi) is 5.45. The Bertz CT molecular complexity index is 263. The third-order valence-electron chi connectivity index (χ3n) is 4.19. The predicted molar refractivity (Wildman–Crippen MR) is 71.5 cm³/mol. The summed E-state index contributed by atoms with van der Waals surface area (Å²) in [5.41, 5.74) is 0. The van der Waals surface area contributed by atoms with E-state index in [0.717, 1.165) is 25.8 Å². The lowest BCUT2D eigenvalue weighted by Crippen LogP contribution is -2.45. The van der Waals surface area contributed by atoms with Gasteiger partial charge in [0.1, 0.15) is 0 Å². The first-order valence-corrected chi connectivity index (χ1v) is 7.36. The largest absolute Gasteiger partial charge is 0.380 e. The molecule has 4 nitrogen and oxygen atoms in total. The Morgan fingerprint density at radius 3 is 2.44 bits per heavy atom. The van der Waals surface area contributed by atoms with Crippen LogP contribution in [-0.4, -0.2) is 37.7 Å². The lowest BCUT2D eigenvalue weighted by Gasteiger charge is -2.22. The molecular weight excluding hydrogens is 228 g/mol. The number of ether oxygens (including phenoxy) is 1. The van der Waals surface area contributed by atoms with E-state index in [4.69, 9.17) is 4.74 Å². The summed E-state index contributed by atoms with van der Waals surface area (Å²) < 4.78 is 5.28. The zero-order valence-electron chi connectivity index (χ0n) is 11.4. The van der Waals surface area contributed by atoms with E-state index in [1.54, 1.807) is 7.11 Å². The summed E-state index contributed by atoms with van der Waals surface area (Å²) in [6.45, 7) is 0.791. The van der Waals surface area contributed by atoms with E-state index >= 15 is 0 Å².